The van der Waals surface area contributed by atoms with Crippen molar-refractivity contribution in [2.45, 2.75) is 13.0 Å². The summed E-state index contributed by atoms with van der Waals surface area (Å²) in [5.41, 5.74) is 5.91. The van der Waals surface area contributed by atoms with Gasteiger partial charge in [0.15, 0.2) is 0 Å². The molecule has 0 bridgehead atoms. The Labute approximate surface area is 98.8 Å². The van der Waals surface area contributed by atoms with Gasteiger partial charge in [-0.25, -0.2) is 4.79 Å². The van der Waals surface area contributed by atoms with Crippen molar-refractivity contribution >= 4 is 17.6 Å². The van der Waals surface area contributed by atoms with Crippen molar-refractivity contribution in [1.82, 2.24) is 5.32 Å². The molecule has 0 aromatic heterocycles. The van der Waals surface area contributed by atoms with Crippen molar-refractivity contribution in [2.24, 2.45) is 5.73 Å². The summed E-state index contributed by atoms with van der Waals surface area (Å²) in [5, 5.41) is 13.8. The predicted octanol–water partition coefficient (Wildman–Crippen LogP) is 0.288. The third-order valence-electron chi connectivity index (χ3n) is 2.07. The number of carbonyl (C=O) groups is 2. The molecule has 1 atom stereocenters. The SMILES string of the molecule is C[C@@H](CO)NC(=O)c1ccc(NC(N)=O)cc1. The maximum absolute atomic E-state index is 11.6. The molecule has 5 N–H and O–H groups in total. The molecule has 0 unspecified atom stereocenters. The molecule has 0 spiro atoms. The lowest BCUT2D eigenvalue weighted by molar-refractivity contribution is 0.0922. The van der Waals surface area contributed by atoms with Gasteiger partial charge in [0.05, 0.1) is 6.61 Å². The second-order valence-electron chi connectivity index (χ2n) is 3.62. The lowest BCUT2D eigenvalue weighted by Gasteiger charge is -2.10. The van der Waals surface area contributed by atoms with Crippen LogP contribution in [0.4, 0.5) is 10.5 Å². The van der Waals surface area contributed by atoms with E-state index in [1.807, 2.05) is 0 Å². The van der Waals surface area contributed by atoms with E-state index in [0.29, 0.717) is 11.3 Å². The Kier molecular flexibility index (Phi) is 4.47. The average Bonchev–Trinajstić information content (AvgIpc) is 2.28. The maximum atomic E-state index is 11.6. The first-order chi connectivity index (χ1) is 8.02. The molecule has 0 fully saturated rings. The van der Waals surface area contributed by atoms with Crippen LogP contribution in [0.2, 0.25) is 0 Å². The van der Waals surface area contributed by atoms with E-state index in [4.69, 9.17) is 10.8 Å². The molecule has 0 aliphatic carbocycles. The van der Waals surface area contributed by atoms with Gasteiger partial charge in [-0.05, 0) is 31.2 Å². The average molecular weight is 237 g/mol. The summed E-state index contributed by atoms with van der Waals surface area (Å²) in [4.78, 5) is 22.2. The van der Waals surface area contributed by atoms with E-state index < -0.39 is 6.03 Å². The predicted molar refractivity (Wildman–Crippen MR) is 63.7 cm³/mol. The number of hydrogen-bond acceptors (Lipinski definition) is 3. The smallest absolute Gasteiger partial charge is 0.316 e. The fraction of sp³-hybridized carbons (Fsp3) is 0.273. The Morgan fingerprint density at radius 3 is 2.41 bits per heavy atom. The molecule has 0 heterocycles. The molecule has 0 aliphatic rings. The molecule has 0 saturated carbocycles. The Hall–Kier alpha value is -2.08. The van der Waals surface area contributed by atoms with E-state index in [0.717, 1.165) is 0 Å². The molecule has 17 heavy (non-hydrogen) atoms. The molecule has 0 radical (unpaired) electrons. The van der Waals surface area contributed by atoms with Crippen LogP contribution in [0.25, 0.3) is 0 Å². The van der Waals surface area contributed by atoms with Gasteiger partial charge in [0.2, 0.25) is 0 Å². The fourth-order valence-corrected chi connectivity index (χ4v) is 1.20. The van der Waals surface area contributed by atoms with Crippen LogP contribution in [0.1, 0.15) is 17.3 Å². The van der Waals surface area contributed by atoms with Crippen molar-refractivity contribution in [1.29, 1.82) is 0 Å². The van der Waals surface area contributed by atoms with Gasteiger partial charge in [-0.15, -0.1) is 0 Å². The molecule has 0 saturated heterocycles. The summed E-state index contributed by atoms with van der Waals surface area (Å²) < 4.78 is 0. The second-order valence-corrected chi connectivity index (χ2v) is 3.62. The van der Waals surface area contributed by atoms with Gasteiger partial charge in [-0.3, -0.25) is 4.79 Å². The molecule has 0 aliphatic heterocycles. The number of nitrogens with one attached hydrogen (secondary N) is 2. The second kappa shape index (κ2) is 5.86. The van der Waals surface area contributed by atoms with E-state index >= 15 is 0 Å². The zero-order chi connectivity index (χ0) is 12.8. The van der Waals surface area contributed by atoms with E-state index in [1.54, 1.807) is 31.2 Å². The van der Waals surface area contributed by atoms with Crippen LogP contribution in [0.3, 0.4) is 0 Å². The lowest BCUT2D eigenvalue weighted by atomic mass is 10.2. The number of aliphatic hydroxyl groups is 1. The van der Waals surface area contributed by atoms with Gasteiger partial charge >= 0.3 is 6.03 Å². The van der Waals surface area contributed by atoms with Crippen LogP contribution in [0, 0.1) is 0 Å². The number of aliphatic hydroxyl groups excluding tert-OH is 1. The number of benzene rings is 1. The van der Waals surface area contributed by atoms with Crippen LogP contribution in [-0.2, 0) is 0 Å². The summed E-state index contributed by atoms with van der Waals surface area (Å²) in [7, 11) is 0. The van der Waals surface area contributed by atoms with Crippen molar-refractivity contribution < 1.29 is 14.7 Å². The first kappa shape index (κ1) is 13.0. The van der Waals surface area contributed by atoms with Crippen LogP contribution in [-0.4, -0.2) is 29.7 Å². The highest BCUT2D eigenvalue weighted by molar-refractivity contribution is 5.95. The van der Waals surface area contributed by atoms with Crippen molar-refractivity contribution in [2.75, 3.05) is 11.9 Å². The number of primary amides is 1. The number of rotatable bonds is 4. The Morgan fingerprint density at radius 1 is 1.35 bits per heavy atom. The molecular weight excluding hydrogens is 222 g/mol. The number of amides is 3. The van der Waals surface area contributed by atoms with Crippen LogP contribution >= 0.6 is 0 Å². The van der Waals surface area contributed by atoms with Crippen LogP contribution in [0.5, 0.6) is 0 Å². The maximum Gasteiger partial charge on any atom is 0.316 e. The Balaban J connectivity index is 2.67. The summed E-state index contributed by atoms with van der Waals surface area (Å²) in [6.45, 7) is 1.58. The molecule has 1 aromatic carbocycles. The summed E-state index contributed by atoms with van der Waals surface area (Å²) in [6, 6.07) is 5.31. The standard InChI is InChI=1S/C11H15N3O3/c1-7(6-15)13-10(16)8-2-4-9(5-3-8)14-11(12)17/h2-5,7,15H,6H2,1H3,(H,13,16)(H3,12,14,17)/t7-/m0/s1. The molecular formula is C11H15N3O3. The number of hydrogen-bond donors (Lipinski definition) is 4. The highest BCUT2D eigenvalue weighted by atomic mass is 16.3. The summed E-state index contributed by atoms with van der Waals surface area (Å²) in [5.74, 6) is -0.280. The molecule has 6 heteroatoms. The van der Waals surface area contributed by atoms with Crippen LogP contribution < -0.4 is 16.4 Å². The van der Waals surface area contributed by atoms with Gasteiger partial charge in [0.1, 0.15) is 0 Å². The molecule has 1 aromatic rings. The zero-order valence-electron chi connectivity index (χ0n) is 9.43. The molecule has 1 rings (SSSR count). The van der Waals surface area contributed by atoms with E-state index in [1.165, 1.54) is 0 Å². The highest BCUT2D eigenvalue weighted by Crippen LogP contribution is 2.09. The van der Waals surface area contributed by atoms with Crippen LogP contribution in [0.15, 0.2) is 24.3 Å². The monoisotopic (exact) mass is 237 g/mol. The minimum absolute atomic E-state index is 0.118. The topological polar surface area (TPSA) is 104 Å². The molecule has 92 valence electrons. The number of nitrogens with two attached hydrogens (primary N) is 1. The van der Waals surface area contributed by atoms with Gasteiger partial charge in [0, 0.05) is 17.3 Å². The lowest BCUT2D eigenvalue weighted by Crippen LogP contribution is -2.34. The summed E-state index contributed by atoms with van der Waals surface area (Å²) >= 11 is 0. The molecule has 3 amide bonds. The minimum atomic E-state index is -0.656. The van der Waals surface area contributed by atoms with E-state index in [-0.39, 0.29) is 18.6 Å². The Bertz CT molecular complexity index is 403. The van der Waals surface area contributed by atoms with Gasteiger partial charge in [0.25, 0.3) is 5.91 Å². The Morgan fingerprint density at radius 2 is 1.94 bits per heavy atom. The number of carbonyl (C=O) groups excluding carboxylic acids is 2. The number of anilines is 1. The first-order valence-corrected chi connectivity index (χ1v) is 5.11. The zero-order valence-corrected chi connectivity index (χ0v) is 9.43. The largest absolute Gasteiger partial charge is 0.394 e. The van der Waals surface area contributed by atoms with Gasteiger partial charge in [-0.1, -0.05) is 0 Å². The van der Waals surface area contributed by atoms with Gasteiger partial charge < -0.3 is 21.5 Å². The highest BCUT2D eigenvalue weighted by Gasteiger charge is 2.08. The van der Waals surface area contributed by atoms with E-state index in [9.17, 15) is 9.59 Å². The van der Waals surface area contributed by atoms with Gasteiger partial charge in [-0.2, -0.15) is 0 Å². The fourth-order valence-electron chi connectivity index (χ4n) is 1.20. The quantitative estimate of drug-likeness (QED) is 0.604. The third-order valence-corrected chi connectivity index (χ3v) is 2.07. The normalized spacial score (nSPS) is 11.6. The van der Waals surface area contributed by atoms with Crippen molar-refractivity contribution in [3.05, 3.63) is 29.8 Å². The third kappa shape index (κ3) is 4.12. The minimum Gasteiger partial charge on any atom is -0.394 e. The van der Waals surface area contributed by atoms with Crippen molar-refractivity contribution in [3.63, 3.8) is 0 Å². The summed E-state index contributed by atoms with van der Waals surface area (Å²) in [6.07, 6.45) is 0. The number of urea groups is 1. The first-order valence-electron chi connectivity index (χ1n) is 5.11. The molecule has 6 nitrogen and oxygen atoms in total. The van der Waals surface area contributed by atoms with Crippen molar-refractivity contribution in [3.8, 4) is 0 Å². The van der Waals surface area contributed by atoms with E-state index in [2.05, 4.69) is 10.6 Å².